The average Bonchev–Trinajstić information content (AvgIpc) is 2.68. The summed E-state index contributed by atoms with van der Waals surface area (Å²) in [6, 6.07) is 7.81. The molecule has 0 fully saturated rings. The zero-order chi connectivity index (χ0) is 10.7. The van der Waals surface area contributed by atoms with E-state index in [4.69, 9.17) is 14.6 Å². The third kappa shape index (κ3) is 2.28. The second-order valence-corrected chi connectivity index (χ2v) is 4.29. The summed E-state index contributed by atoms with van der Waals surface area (Å²) in [7, 11) is 1.59. The van der Waals surface area contributed by atoms with E-state index in [9.17, 15) is 0 Å². The maximum atomic E-state index is 9.01. The van der Waals surface area contributed by atoms with Crippen LogP contribution < -0.4 is 4.74 Å². The molecule has 1 heterocycles. The molecular weight excluding hydrogens is 212 g/mol. The number of ether oxygens (including phenoxy) is 2. The lowest BCUT2D eigenvalue weighted by Crippen LogP contribution is -1.98. The van der Waals surface area contributed by atoms with Crippen LogP contribution in [0.4, 0.5) is 0 Å². The Balaban J connectivity index is 2.29. The molecule has 0 atom stereocenters. The van der Waals surface area contributed by atoms with Gasteiger partial charge in [-0.25, -0.2) is 0 Å². The molecule has 3 nitrogen and oxygen atoms in total. The molecule has 2 aromatic rings. The van der Waals surface area contributed by atoms with Gasteiger partial charge in [-0.15, -0.1) is 11.3 Å². The van der Waals surface area contributed by atoms with Gasteiger partial charge in [-0.05, 0) is 29.7 Å². The van der Waals surface area contributed by atoms with Crippen LogP contribution in [0.15, 0.2) is 24.3 Å². The van der Waals surface area contributed by atoms with Crippen LogP contribution in [-0.2, 0) is 11.3 Å². The number of methoxy groups -OCH3 is 1. The highest BCUT2D eigenvalue weighted by Gasteiger charge is 2.02. The average molecular weight is 224 g/mol. The number of aliphatic hydroxyl groups is 1. The molecule has 0 aliphatic heterocycles. The van der Waals surface area contributed by atoms with E-state index in [1.807, 2.05) is 24.3 Å². The number of hydrogen-bond acceptors (Lipinski definition) is 4. The zero-order valence-electron chi connectivity index (χ0n) is 8.40. The van der Waals surface area contributed by atoms with Crippen molar-refractivity contribution in [3.8, 4) is 5.75 Å². The lowest BCUT2D eigenvalue weighted by atomic mass is 10.2. The van der Waals surface area contributed by atoms with Crippen LogP contribution in [0.1, 0.15) is 4.88 Å². The van der Waals surface area contributed by atoms with Gasteiger partial charge in [0.2, 0.25) is 0 Å². The van der Waals surface area contributed by atoms with Crippen LogP contribution in [0.5, 0.6) is 5.75 Å². The van der Waals surface area contributed by atoms with Gasteiger partial charge in [-0.2, -0.15) is 0 Å². The predicted molar refractivity (Wildman–Crippen MR) is 60.3 cm³/mol. The summed E-state index contributed by atoms with van der Waals surface area (Å²) in [4.78, 5) is 0.967. The molecule has 0 aliphatic rings. The molecule has 0 amide bonds. The van der Waals surface area contributed by atoms with Gasteiger partial charge in [0.1, 0.15) is 5.75 Å². The molecular formula is C11H12O3S. The molecule has 0 saturated carbocycles. The lowest BCUT2D eigenvalue weighted by molar-refractivity contribution is 0.0512. The van der Waals surface area contributed by atoms with Crippen LogP contribution in [0.3, 0.4) is 0 Å². The number of thiophene rings is 1. The minimum absolute atomic E-state index is 0.0909. The maximum Gasteiger partial charge on any atom is 0.188 e. The summed E-state index contributed by atoms with van der Waals surface area (Å²) in [5.41, 5.74) is 0. The molecule has 0 bridgehead atoms. The fraction of sp³-hybridized carbons (Fsp3) is 0.273. The minimum atomic E-state index is 0.0909. The highest BCUT2D eigenvalue weighted by atomic mass is 32.1. The Labute approximate surface area is 91.9 Å². The third-order valence-corrected chi connectivity index (χ3v) is 3.14. The molecule has 1 aromatic carbocycles. The minimum Gasteiger partial charge on any atom is -0.468 e. The Hall–Kier alpha value is -1.10. The highest BCUT2D eigenvalue weighted by molar-refractivity contribution is 7.19. The quantitative estimate of drug-likeness (QED) is 0.810. The van der Waals surface area contributed by atoms with E-state index in [0.717, 1.165) is 20.7 Å². The Morgan fingerprint density at radius 1 is 1.33 bits per heavy atom. The van der Waals surface area contributed by atoms with E-state index < -0.39 is 0 Å². The molecule has 0 unspecified atom stereocenters. The van der Waals surface area contributed by atoms with Crippen molar-refractivity contribution >= 4 is 21.4 Å². The van der Waals surface area contributed by atoms with E-state index in [1.165, 1.54) is 0 Å². The summed E-state index contributed by atoms with van der Waals surface area (Å²) < 4.78 is 11.3. The van der Waals surface area contributed by atoms with Gasteiger partial charge in [0.25, 0.3) is 0 Å². The van der Waals surface area contributed by atoms with E-state index >= 15 is 0 Å². The first kappa shape index (κ1) is 10.4. The molecule has 2 rings (SSSR count). The Morgan fingerprint density at radius 3 is 2.93 bits per heavy atom. The molecule has 0 saturated heterocycles. The third-order valence-electron chi connectivity index (χ3n) is 2.04. The predicted octanol–water partition coefficient (Wildman–Crippen LogP) is 2.38. The number of aliphatic hydroxyl groups excluding tert-OH is 1. The fourth-order valence-electron chi connectivity index (χ4n) is 1.37. The van der Waals surface area contributed by atoms with Gasteiger partial charge in [0.15, 0.2) is 6.79 Å². The van der Waals surface area contributed by atoms with Crippen LogP contribution >= 0.6 is 11.3 Å². The Morgan fingerprint density at radius 2 is 2.20 bits per heavy atom. The second kappa shape index (κ2) is 4.61. The molecule has 0 radical (unpaired) electrons. The smallest absolute Gasteiger partial charge is 0.188 e. The van der Waals surface area contributed by atoms with Crippen LogP contribution in [0.25, 0.3) is 10.1 Å². The fourth-order valence-corrected chi connectivity index (χ4v) is 2.28. The standard InChI is InChI=1S/C11H12O3S/c1-13-7-14-9-2-3-11-8(4-9)5-10(6-12)15-11/h2-5,12H,6-7H2,1H3. The number of rotatable bonds is 4. The van der Waals surface area contributed by atoms with Gasteiger partial charge in [-0.1, -0.05) is 0 Å². The van der Waals surface area contributed by atoms with E-state index in [0.29, 0.717) is 0 Å². The molecule has 0 aliphatic carbocycles. The summed E-state index contributed by atoms with van der Waals surface area (Å²) in [6.07, 6.45) is 0. The maximum absolute atomic E-state index is 9.01. The second-order valence-electron chi connectivity index (χ2n) is 3.12. The lowest BCUT2D eigenvalue weighted by Gasteiger charge is -2.03. The number of hydrogen-bond donors (Lipinski definition) is 1. The first-order valence-electron chi connectivity index (χ1n) is 4.58. The van der Waals surface area contributed by atoms with E-state index in [2.05, 4.69) is 0 Å². The van der Waals surface area contributed by atoms with Crippen molar-refractivity contribution in [1.29, 1.82) is 0 Å². The van der Waals surface area contributed by atoms with Crippen molar-refractivity contribution in [2.45, 2.75) is 6.61 Å². The van der Waals surface area contributed by atoms with Gasteiger partial charge < -0.3 is 14.6 Å². The van der Waals surface area contributed by atoms with Gasteiger partial charge in [0, 0.05) is 16.7 Å². The van der Waals surface area contributed by atoms with E-state index in [-0.39, 0.29) is 13.4 Å². The first-order chi connectivity index (χ1) is 7.33. The Kier molecular flexibility index (Phi) is 3.20. The summed E-state index contributed by atoms with van der Waals surface area (Å²) in [5, 5.41) is 10.1. The van der Waals surface area contributed by atoms with Crippen LogP contribution in [0.2, 0.25) is 0 Å². The van der Waals surface area contributed by atoms with Crippen molar-refractivity contribution in [2.24, 2.45) is 0 Å². The van der Waals surface area contributed by atoms with Gasteiger partial charge in [0.05, 0.1) is 6.61 Å². The number of benzene rings is 1. The van der Waals surface area contributed by atoms with Gasteiger partial charge in [-0.3, -0.25) is 0 Å². The van der Waals surface area contributed by atoms with Gasteiger partial charge >= 0.3 is 0 Å². The zero-order valence-corrected chi connectivity index (χ0v) is 9.21. The Bertz CT molecular complexity index is 450. The number of fused-ring (bicyclic) bond motifs is 1. The normalized spacial score (nSPS) is 10.8. The molecule has 1 aromatic heterocycles. The largest absolute Gasteiger partial charge is 0.468 e. The summed E-state index contributed by atoms with van der Waals surface area (Å²) in [5.74, 6) is 0.784. The monoisotopic (exact) mass is 224 g/mol. The molecule has 15 heavy (non-hydrogen) atoms. The van der Waals surface area contributed by atoms with Crippen LogP contribution in [0, 0.1) is 0 Å². The molecule has 4 heteroatoms. The van der Waals surface area contributed by atoms with Crippen LogP contribution in [-0.4, -0.2) is 19.0 Å². The SMILES string of the molecule is COCOc1ccc2sc(CO)cc2c1. The van der Waals surface area contributed by atoms with Crippen molar-refractivity contribution in [3.63, 3.8) is 0 Å². The summed E-state index contributed by atoms with van der Waals surface area (Å²) in [6.45, 7) is 0.343. The first-order valence-corrected chi connectivity index (χ1v) is 5.40. The van der Waals surface area contributed by atoms with Crippen molar-refractivity contribution in [1.82, 2.24) is 0 Å². The van der Waals surface area contributed by atoms with E-state index in [1.54, 1.807) is 18.4 Å². The molecule has 80 valence electrons. The summed E-state index contributed by atoms with van der Waals surface area (Å²) >= 11 is 1.59. The highest BCUT2D eigenvalue weighted by Crippen LogP contribution is 2.28. The van der Waals surface area contributed by atoms with Crippen molar-refractivity contribution in [2.75, 3.05) is 13.9 Å². The molecule has 0 spiro atoms. The molecule has 1 N–H and O–H groups in total. The van der Waals surface area contributed by atoms with Crippen molar-refractivity contribution < 1.29 is 14.6 Å². The topological polar surface area (TPSA) is 38.7 Å². The van der Waals surface area contributed by atoms with Crippen molar-refractivity contribution in [3.05, 3.63) is 29.1 Å².